The summed E-state index contributed by atoms with van der Waals surface area (Å²) in [5, 5.41) is 4.05. The van der Waals surface area contributed by atoms with Crippen LogP contribution >= 0.6 is 0 Å². The summed E-state index contributed by atoms with van der Waals surface area (Å²) in [7, 11) is 0. The Morgan fingerprint density at radius 3 is 2.78 bits per heavy atom. The standard InChI is InChI=1S/C18H19FN2O2/c1-12(14-5-7-15(19)8-6-14)10-18(22)21-9-3-4-17(21)16-11-13(2)23-20-16/h5-8,10-11,17H,3-4,9H2,1-2H3/b12-10+/t17-/m0/s1. The maximum atomic E-state index is 13.0. The fourth-order valence-corrected chi connectivity index (χ4v) is 2.94. The number of likely N-dealkylation sites (tertiary alicyclic amines) is 1. The lowest BCUT2D eigenvalue weighted by atomic mass is 10.1. The van der Waals surface area contributed by atoms with E-state index in [2.05, 4.69) is 5.16 Å². The van der Waals surface area contributed by atoms with Crippen molar-refractivity contribution in [3.63, 3.8) is 0 Å². The number of nitrogens with zero attached hydrogens (tertiary/aromatic N) is 2. The molecule has 1 saturated heterocycles. The summed E-state index contributed by atoms with van der Waals surface area (Å²) in [5.74, 6) is 0.418. The molecule has 4 nitrogen and oxygen atoms in total. The van der Waals surface area contributed by atoms with E-state index in [1.54, 1.807) is 18.2 Å². The largest absolute Gasteiger partial charge is 0.361 e. The van der Waals surface area contributed by atoms with Crippen molar-refractivity contribution in [3.05, 3.63) is 59.2 Å². The van der Waals surface area contributed by atoms with Crippen molar-refractivity contribution >= 4 is 11.5 Å². The number of benzene rings is 1. The highest BCUT2D eigenvalue weighted by Gasteiger charge is 2.31. The summed E-state index contributed by atoms with van der Waals surface area (Å²) in [6.45, 7) is 4.41. The number of carbonyl (C=O) groups is 1. The first kappa shape index (κ1) is 15.5. The number of carbonyl (C=O) groups excluding carboxylic acids is 1. The molecule has 0 aliphatic carbocycles. The number of halogens is 1. The number of aryl methyl sites for hydroxylation is 1. The molecule has 1 aromatic carbocycles. The molecule has 23 heavy (non-hydrogen) atoms. The van der Waals surface area contributed by atoms with Crippen molar-refractivity contribution in [2.45, 2.75) is 32.7 Å². The lowest BCUT2D eigenvalue weighted by molar-refractivity contribution is -0.126. The molecule has 120 valence electrons. The summed E-state index contributed by atoms with van der Waals surface area (Å²) in [5.41, 5.74) is 2.46. The SMILES string of the molecule is C/C(=C\C(=O)N1CCC[C@H]1c1cc(C)on1)c1ccc(F)cc1. The Labute approximate surface area is 134 Å². The molecule has 0 spiro atoms. The fraction of sp³-hybridized carbons (Fsp3) is 0.333. The molecular weight excluding hydrogens is 295 g/mol. The van der Waals surface area contributed by atoms with Crippen LogP contribution in [0.5, 0.6) is 0 Å². The fourth-order valence-electron chi connectivity index (χ4n) is 2.94. The molecule has 1 atom stereocenters. The zero-order chi connectivity index (χ0) is 16.4. The van der Waals surface area contributed by atoms with Gasteiger partial charge in [0, 0.05) is 18.7 Å². The molecule has 1 aliphatic heterocycles. The van der Waals surface area contributed by atoms with Crippen LogP contribution in [0.15, 0.2) is 40.9 Å². The van der Waals surface area contributed by atoms with Gasteiger partial charge in [-0.15, -0.1) is 0 Å². The number of hydrogen-bond acceptors (Lipinski definition) is 3. The smallest absolute Gasteiger partial charge is 0.247 e. The van der Waals surface area contributed by atoms with Gasteiger partial charge in [-0.05, 0) is 50.0 Å². The molecular formula is C18H19FN2O2. The van der Waals surface area contributed by atoms with Crippen molar-refractivity contribution in [2.24, 2.45) is 0 Å². The number of amides is 1. The van der Waals surface area contributed by atoms with Gasteiger partial charge in [0.15, 0.2) is 0 Å². The molecule has 0 radical (unpaired) electrons. The summed E-state index contributed by atoms with van der Waals surface area (Å²) < 4.78 is 18.1. The molecule has 5 heteroatoms. The van der Waals surface area contributed by atoms with Crippen LogP contribution < -0.4 is 0 Å². The topological polar surface area (TPSA) is 46.3 Å². The Hall–Kier alpha value is -2.43. The highest BCUT2D eigenvalue weighted by Crippen LogP contribution is 2.32. The van der Waals surface area contributed by atoms with Gasteiger partial charge in [-0.25, -0.2) is 4.39 Å². The van der Waals surface area contributed by atoms with Gasteiger partial charge in [0.1, 0.15) is 17.3 Å². The first-order valence-corrected chi connectivity index (χ1v) is 7.72. The molecule has 1 fully saturated rings. The number of aromatic nitrogens is 1. The Kier molecular flexibility index (Phi) is 4.28. The van der Waals surface area contributed by atoms with Crippen LogP contribution in [0.1, 0.15) is 42.8 Å². The number of rotatable bonds is 3. The van der Waals surface area contributed by atoms with Crippen LogP contribution in [-0.2, 0) is 4.79 Å². The van der Waals surface area contributed by atoms with Crippen molar-refractivity contribution in [1.82, 2.24) is 10.1 Å². The number of allylic oxidation sites excluding steroid dienone is 1. The van der Waals surface area contributed by atoms with E-state index in [0.29, 0.717) is 6.54 Å². The average molecular weight is 314 g/mol. The second-order valence-corrected chi connectivity index (χ2v) is 5.89. The van der Waals surface area contributed by atoms with E-state index in [4.69, 9.17) is 4.52 Å². The lowest BCUT2D eigenvalue weighted by Crippen LogP contribution is -2.29. The van der Waals surface area contributed by atoms with Crippen molar-refractivity contribution < 1.29 is 13.7 Å². The van der Waals surface area contributed by atoms with Gasteiger partial charge in [-0.3, -0.25) is 4.79 Å². The van der Waals surface area contributed by atoms with E-state index in [1.165, 1.54) is 12.1 Å². The number of hydrogen-bond donors (Lipinski definition) is 0. The molecule has 2 heterocycles. The molecule has 1 amide bonds. The van der Waals surface area contributed by atoms with E-state index in [0.717, 1.165) is 35.4 Å². The normalized spacial score (nSPS) is 18.5. The zero-order valence-electron chi connectivity index (χ0n) is 13.3. The van der Waals surface area contributed by atoms with Crippen LogP contribution in [0.25, 0.3) is 5.57 Å². The minimum atomic E-state index is -0.283. The van der Waals surface area contributed by atoms with Crippen LogP contribution in [0, 0.1) is 12.7 Å². The molecule has 0 N–H and O–H groups in total. The molecule has 2 aromatic rings. The molecule has 1 aliphatic rings. The van der Waals surface area contributed by atoms with Gasteiger partial charge in [-0.1, -0.05) is 17.3 Å². The summed E-state index contributed by atoms with van der Waals surface area (Å²) in [6, 6.07) is 8.00. The Morgan fingerprint density at radius 2 is 2.13 bits per heavy atom. The van der Waals surface area contributed by atoms with Crippen LogP contribution in [0.3, 0.4) is 0 Å². The van der Waals surface area contributed by atoms with Crippen LogP contribution in [0.2, 0.25) is 0 Å². The molecule has 3 rings (SSSR count). The quantitative estimate of drug-likeness (QED) is 0.808. The molecule has 0 unspecified atom stereocenters. The minimum absolute atomic E-state index is 0.0304. The second kappa shape index (κ2) is 6.36. The third-order valence-electron chi connectivity index (χ3n) is 4.16. The van der Waals surface area contributed by atoms with Crippen LogP contribution in [0.4, 0.5) is 4.39 Å². The first-order valence-electron chi connectivity index (χ1n) is 7.72. The molecule has 1 aromatic heterocycles. The predicted molar refractivity (Wildman–Crippen MR) is 85.0 cm³/mol. The van der Waals surface area contributed by atoms with Crippen molar-refractivity contribution in [3.8, 4) is 0 Å². The summed E-state index contributed by atoms with van der Waals surface area (Å²) in [6.07, 6.45) is 3.45. The highest BCUT2D eigenvalue weighted by atomic mass is 19.1. The molecule has 0 saturated carbocycles. The second-order valence-electron chi connectivity index (χ2n) is 5.89. The van der Waals surface area contributed by atoms with E-state index in [9.17, 15) is 9.18 Å². The van der Waals surface area contributed by atoms with Crippen LogP contribution in [-0.4, -0.2) is 22.5 Å². The zero-order valence-corrected chi connectivity index (χ0v) is 13.3. The lowest BCUT2D eigenvalue weighted by Gasteiger charge is -2.21. The Bertz CT molecular complexity index is 734. The first-order chi connectivity index (χ1) is 11.0. The van der Waals surface area contributed by atoms with Gasteiger partial charge in [-0.2, -0.15) is 0 Å². The summed E-state index contributed by atoms with van der Waals surface area (Å²) >= 11 is 0. The molecule has 0 bridgehead atoms. The highest BCUT2D eigenvalue weighted by molar-refractivity contribution is 5.95. The minimum Gasteiger partial charge on any atom is -0.361 e. The third-order valence-corrected chi connectivity index (χ3v) is 4.16. The van der Waals surface area contributed by atoms with Gasteiger partial charge in [0.05, 0.1) is 6.04 Å². The van der Waals surface area contributed by atoms with E-state index in [-0.39, 0.29) is 17.8 Å². The van der Waals surface area contributed by atoms with E-state index in [1.807, 2.05) is 24.8 Å². The van der Waals surface area contributed by atoms with Gasteiger partial charge >= 0.3 is 0 Å². The predicted octanol–water partition coefficient (Wildman–Crippen LogP) is 3.89. The van der Waals surface area contributed by atoms with Crippen molar-refractivity contribution in [1.29, 1.82) is 0 Å². The maximum absolute atomic E-state index is 13.0. The monoisotopic (exact) mass is 314 g/mol. The van der Waals surface area contributed by atoms with Gasteiger partial charge < -0.3 is 9.42 Å². The maximum Gasteiger partial charge on any atom is 0.247 e. The summed E-state index contributed by atoms with van der Waals surface area (Å²) in [4.78, 5) is 14.4. The van der Waals surface area contributed by atoms with Gasteiger partial charge in [0.2, 0.25) is 5.91 Å². The van der Waals surface area contributed by atoms with Gasteiger partial charge in [0.25, 0.3) is 0 Å². The Morgan fingerprint density at radius 1 is 1.39 bits per heavy atom. The van der Waals surface area contributed by atoms with Crippen molar-refractivity contribution in [2.75, 3.05) is 6.54 Å². The average Bonchev–Trinajstić information content (AvgIpc) is 3.16. The Balaban J connectivity index is 1.78. The third kappa shape index (κ3) is 3.33. The van der Waals surface area contributed by atoms with E-state index < -0.39 is 0 Å². The van der Waals surface area contributed by atoms with E-state index >= 15 is 0 Å².